The average molecular weight is 402 g/mol. The molecule has 1 N–H and O–H groups in total. The Morgan fingerprint density at radius 2 is 2.04 bits per heavy atom. The molecule has 0 unspecified atom stereocenters. The number of halogens is 3. The summed E-state index contributed by atoms with van der Waals surface area (Å²) in [6.45, 7) is 3.19. The third-order valence-electron chi connectivity index (χ3n) is 3.88. The summed E-state index contributed by atoms with van der Waals surface area (Å²) >= 11 is 2.65. The second kappa shape index (κ2) is 7.83. The minimum Gasteiger partial charge on any atom is -0.370 e. The Morgan fingerprint density at radius 3 is 2.65 bits per heavy atom. The monoisotopic (exact) mass is 402 g/mol. The van der Waals surface area contributed by atoms with Crippen LogP contribution >= 0.6 is 23.1 Å². The number of aromatic nitrogens is 2. The van der Waals surface area contributed by atoms with E-state index in [0.717, 1.165) is 30.0 Å². The van der Waals surface area contributed by atoms with E-state index in [1.54, 1.807) is 0 Å². The van der Waals surface area contributed by atoms with Crippen molar-refractivity contribution in [1.82, 2.24) is 10.2 Å². The lowest BCUT2D eigenvalue weighted by Crippen LogP contribution is -2.22. The summed E-state index contributed by atoms with van der Waals surface area (Å²) in [7, 11) is 0. The number of hydrogen-bond donors (Lipinski definition) is 1. The lowest BCUT2D eigenvalue weighted by molar-refractivity contribution is -0.137. The number of benzene rings is 1. The van der Waals surface area contributed by atoms with Gasteiger partial charge in [-0.25, -0.2) is 0 Å². The molecule has 3 rings (SSSR count). The number of thioether (sulfide) groups is 1. The second-order valence-corrected chi connectivity index (χ2v) is 8.25. The van der Waals surface area contributed by atoms with Gasteiger partial charge in [0.25, 0.3) is 0 Å². The summed E-state index contributed by atoms with van der Waals surface area (Å²) in [6.07, 6.45) is -2.56. The molecule has 26 heavy (non-hydrogen) atoms. The highest BCUT2D eigenvalue weighted by Gasteiger charge is 2.32. The van der Waals surface area contributed by atoms with E-state index in [0.29, 0.717) is 28.8 Å². The molecule has 0 radical (unpaired) electrons. The number of anilines is 2. The van der Waals surface area contributed by atoms with Gasteiger partial charge in [0, 0.05) is 13.1 Å². The largest absolute Gasteiger partial charge is 0.416 e. The number of nitrogens with one attached hydrogen (secondary N) is 1. The van der Waals surface area contributed by atoms with Gasteiger partial charge in [-0.15, -0.1) is 10.2 Å². The van der Waals surface area contributed by atoms with Gasteiger partial charge in [0.05, 0.1) is 22.7 Å². The summed E-state index contributed by atoms with van der Waals surface area (Å²) < 4.78 is 39.8. The van der Waals surface area contributed by atoms with E-state index < -0.39 is 11.7 Å². The first kappa shape index (κ1) is 19.0. The zero-order chi connectivity index (χ0) is 18.7. The van der Waals surface area contributed by atoms with Gasteiger partial charge in [-0.1, -0.05) is 23.1 Å². The molecular weight excluding hydrogens is 385 g/mol. The number of aryl methyl sites for hydroxylation is 1. The maximum Gasteiger partial charge on any atom is 0.416 e. The van der Waals surface area contributed by atoms with Crippen LogP contribution in [-0.4, -0.2) is 34.9 Å². The van der Waals surface area contributed by atoms with Gasteiger partial charge < -0.3 is 10.2 Å². The van der Waals surface area contributed by atoms with Crippen LogP contribution in [0.3, 0.4) is 0 Å². The first-order valence-corrected chi connectivity index (χ1v) is 9.82. The van der Waals surface area contributed by atoms with E-state index in [9.17, 15) is 18.0 Å². The third-order valence-corrected chi connectivity index (χ3v) is 5.85. The average Bonchev–Trinajstić information content (AvgIpc) is 3.24. The highest BCUT2D eigenvalue weighted by molar-refractivity contribution is 8.01. The van der Waals surface area contributed by atoms with Crippen molar-refractivity contribution in [2.75, 3.05) is 29.1 Å². The fourth-order valence-corrected chi connectivity index (χ4v) is 4.30. The zero-order valence-corrected chi connectivity index (χ0v) is 15.6. The molecule has 0 atom stereocenters. The van der Waals surface area contributed by atoms with E-state index >= 15 is 0 Å². The van der Waals surface area contributed by atoms with Gasteiger partial charge in [0.2, 0.25) is 5.91 Å². The summed E-state index contributed by atoms with van der Waals surface area (Å²) in [5, 5.41) is 11.4. The predicted molar refractivity (Wildman–Crippen MR) is 96.9 cm³/mol. The summed E-state index contributed by atoms with van der Waals surface area (Å²) in [4.78, 5) is 14.1. The zero-order valence-electron chi connectivity index (χ0n) is 14.0. The number of carbonyl (C=O) groups is 1. The molecule has 2 aromatic rings. The van der Waals surface area contributed by atoms with Crippen molar-refractivity contribution in [3.8, 4) is 0 Å². The number of amides is 1. The molecule has 0 bridgehead atoms. The van der Waals surface area contributed by atoms with Crippen molar-refractivity contribution >= 4 is 40.4 Å². The smallest absolute Gasteiger partial charge is 0.370 e. The maximum absolute atomic E-state index is 13.0. The summed E-state index contributed by atoms with van der Waals surface area (Å²) in [5.41, 5.74) is 0.109. The predicted octanol–water partition coefficient (Wildman–Crippen LogP) is 4.20. The van der Waals surface area contributed by atoms with Gasteiger partial charge in [0.15, 0.2) is 4.34 Å². The number of carbonyl (C=O) groups excluding carboxylic acids is 1. The molecule has 1 aliphatic rings. The molecule has 1 saturated heterocycles. The molecule has 0 saturated carbocycles. The lowest BCUT2D eigenvalue weighted by Gasteiger charge is -2.23. The number of hydrogen-bond acceptors (Lipinski definition) is 6. The molecule has 1 amide bonds. The van der Waals surface area contributed by atoms with Crippen LogP contribution in [0.15, 0.2) is 22.5 Å². The van der Waals surface area contributed by atoms with Crippen molar-refractivity contribution < 1.29 is 18.0 Å². The van der Waals surface area contributed by atoms with Crippen LogP contribution in [0.5, 0.6) is 0 Å². The van der Waals surface area contributed by atoms with E-state index in [-0.39, 0.29) is 11.7 Å². The molecule has 5 nitrogen and oxygen atoms in total. The Morgan fingerprint density at radius 1 is 1.31 bits per heavy atom. The molecule has 0 aliphatic carbocycles. The normalized spacial score (nSPS) is 14.7. The lowest BCUT2D eigenvalue weighted by atomic mass is 10.1. The number of nitrogens with zero attached hydrogens (tertiary/aromatic N) is 3. The Hall–Kier alpha value is -1.81. The van der Waals surface area contributed by atoms with Gasteiger partial charge >= 0.3 is 6.18 Å². The molecule has 1 aromatic carbocycles. The second-order valence-electron chi connectivity index (χ2n) is 5.85. The third kappa shape index (κ3) is 4.67. The molecule has 1 fully saturated rings. The summed E-state index contributed by atoms with van der Waals surface area (Å²) in [5.74, 6) is -0.169. The van der Waals surface area contributed by atoms with Gasteiger partial charge in [-0.3, -0.25) is 4.79 Å². The first-order valence-electron chi connectivity index (χ1n) is 8.02. The van der Waals surface area contributed by atoms with Crippen LogP contribution in [-0.2, 0) is 11.0 Å². The van der Waals surface area contributed by atoms with Crippen LogP contribution < -0.4 is 10.2 Å². The Balaban J connectivity index is 1.74. The number of alkyl halides is 3. The van der Waals surface area contributed by atoms with E-state index in [1.165, 1.54) is 29.2 Å². The van der Waals surface area contributed by atoms with Crippen molar-refractivity contribution in [3.63, 3.8) is 0 Å². The van der Waals surface area contributed by atoms with Crippen LogP contribution in [0, 0.1) is 6.92 Å². The molecule has 0 spiro atoms. The van der Waals surface area contributed by atoms with Gasteiger partial charge in [0.1, 0.15) is 5.01 Å². The SMILES string of the molecule is Cc1nnc(SCC(=O)Nc2ccc(C(F)(F)F)cc2N2CCCC2)s1. The quantitative estimate of drug-likeness (QED) is 0.760. The molecule has 2 heterocycles. The molecule has 1 aliphatic heterocycles. The topological polar surface area (TPSA) is 58.1 Å². The van der Waals surface area contributed by atoms with E-state index in [1.807, 2.05) is 11.8 Å². The molecule has 10 heteroatoms. The van der Waals surface area contributed by atoms with E-state index in [2.05, 4.69) is 15.5 Å². The summed E-state index contributed by atoms with van der Waals surface area (Å²) in [6, 6.07) is 3.44. The van der Waals surface area contributed by atoms with Crippen LogP contribution in [0.2, 0.25) is 0 Å². The molecule has 140 valence electrons. The highest BCUT2D eigenvalue weighted by atomic mass is 32.2. The highest BCUT2D eigenvalue weighted by Crippen LogP contribution is 2.37. The fraction of sp³-hybridized carbons (Fsp3) is 0.438. The Bertz CT molecular complexity index is 788. The molecule has 1 aromatic heterocycles. The first-order chi connectivity index (χ1) is 12.3. The minimum atomic E-state index is -4.41. The van der Waals surface area contributed by atoms with Crippen molar-refractivity contribution in [3.05, 3.63) is 28.8 Å². The van der Waals surface area contributed by atoms with Crippen molar-refractivity contribution in [2.24, 2.45) is 0 Å². The minimum absolute atomic E-state index is 0.120. The van der Waals surface area contributed by atoms with Crippen LogP contribution in [0.4, 0.5) is 24.5 Å². The standard InChI is InChI=1S/C16H17F3N4OS2/c1-10-21-22-15(26-10)25-9-14(24)20-12-5-4-11(16(17,18)19)8-13(12)23-6-2-3-7-23/h4-5,8H,2-3,6-7,9H2,1H3,(H,20,24). The van der Waals surface area contributed by atoms with Gasteiger partial charge in [-0.05, 0) is 38.0 Å². The maximum atomic E-state index is 13.0. The van der Waals surface area contributed by atoms with Crippen molar-refractivity contribution in [1.29, 1.82) is 0 Å². The Kier molecular flexibility index (Phi) is 5.71. The van der Waals surface area contributed by atoms with Crippen LogP contribution in [0.25, 0.3) is 0 Å². The Labute approximate surface area is 157 Å². The van der Waals surface area contributed by atoms with Gasteiger partial charge in [-0.2, -0.15) is 13.2 Å². The van der Waals surface area contributed by atoms with E-state index in [4.69, 9.17) is 0 Å². The van der Waals surface area contributed by atoms with Crippen molar-refractivity contribution in [2.45, 2.75) is 30.3 Å². The molecular formula is C16H17F3N4OS2. The fourth-order valence-electron chi connectivity index (χ4n) is 2.68. The van der Waals surface area contributed by atoms with Crippen LogP contribution in [0.1, 0.15) is 23.4 Å². The number of rotatable bonds is 5.